The van der Waals surface area contributed by atoms with E-state index in [4.69, 9.17) is 13.8 Å². The molecule has 4 N–H and O–H groups in total. The van der Waals surface area contributed by atoms with E-state index in [1.165, 1.54) is 89.9 Å². The van der Waals surface area contributed by atoms with E-state index in [2.05, 4.69) is 104 Å². The number of aliphatic hydroxyl groups is 1. The largest absolute Gasteiger partial charge is 0.480 e. The molecule has 0 saturated carbocycles. The van der Waals surface area contributed by atoms with Gasteiger partial charge in [-0.15, -0.1) is 0 Å². The van der Waals surface area contributed by atoms with Crippen molar-refractivity contribution < 1.29 is 47.8 Å². The van der Waals surface area contributed by atoms with Crippen molar-refractivity contribution in [2.75, 3.05) is 19.8 Å². The van der Waals surface area contributed by atoms with Gasteiger partial charge in [-0.2, -0.15) is 0 Å². The number of nitrogens with one attached hydrogen (secondary N) is 1. The molecule has 0 rings (SSSR count). The highest BCUT2D eigenvalue weighted by Crippen LogP contribution is 2.43. The van der Waals surface area contributed by atoms with Crippen LogP contribution in [0.25, 0.3) is 0 Å². The van der Waals surface area contributed by atoms with Crippen molar-refractivity contribution in [3.05, 3.63) is 85.1 Å². The molecule has 0 aromatic rings. The van der Waals surface area contributed by atoms with Crippen LogP contribution in [0.15, 0.2) is 85.1 Å². The highest BCUT2D eigenvalue weighted by atomic mass is 31.2. The van der Waals surface area contributed by atoms with Crippen molar-refractivity contribution in [1.82, 2.24) is 5.32 Å². The molecule has 0 bridgehead atoms. The van der Waals surface area contributed by atoms with Crippen molar-refractivity contribution in [3.8, 4) is 0 Å². The summed E-state index contributed by atoms with van der Waals surface area (Å²) >= 11 is 0. The Kier molecular flexibility index (Phi) is 47.6. The lowest BCUT2D eigenvalue weighted by molar-refractivity contribution is -0.147. The Hall–Kier alpha value is -3.34. The van der Waals surface area contributed by atoms with E-state index in [1.54, 1.807) is 0 Å². The van der Waals surface area contributed by atoms with E-state index in [1.807, 2.05) is 0 Å². The first-order valence-electron chi connectivity index (χ1n) is 26.6. The number of aliphatic hydroxyl groups excluding tert-OH is 1. The first-order chi connectivity index (χ1) is 33.1. The molecule has 0 heterocycles. The second kappa shape index (κ2) is 50.1. The van der Waals surface area contributed by atoms with Crippen molar-refractivity contribution in [1.29, 1.82) is 0 Å². The minimum absolute atomic E-state index is 0.120. The summed E-state index contributed by atoms with van der Waals surface area (Å²) in [6.45, 7) is 2.54. The zero-order chi connectivity index (χ0) is 49.9. The fourth-order valence-electron chi connectivity index (χ4n) is 7.01. The van der Waals surface area contributed by atoms with E-state index in [0.29, 0.717) is 12.8 Å². The van der Waals surface area contributed by atoms with Gasteiger partial charge in [-0.1, -0.05) is 195 Å². The van der Waals surface area contributed by atoms with Gasteiger partial charge in [-0.25, -0.2) is 9.36 Å². The third-order valence-corrected chi connectivity index (χ3v) is 12.1. The molecular weight excluding hydrogens is 878 g/mol. The van der Waals surface area contributed by atoms with Crippen LogP contribution in [0.3, 0.4) is 0 Å². The summed E-state index contributed by atoms with van der Waals surface area (Å²) in [5.74, 6) is -2.41. The Morgan fingerprint density at radius 3 is 1.21 bits per heavy atom. The second-order valence-corrected chi connectivity index (χ2v) is 19.2. The topological polar surface area (TPSA) is 169 Å². The molecule has 0 aliphatic rings. The van der Waals surface area contributed by atoms with Crippen LogP contribution in [0.5, 0.6) is 0 Å². The average molecular weight is 974 g/mol. The van der Waals surface area contributed by atoms with E-state index in [0.717, 1.165) is 89.9 Å². The van der Waals surface area contributed by atoms with Crippen LogP contribution in [-0.2, 0) is 32.7 Å². The predicted molar refractivity (Wildman–Crippen MR) is 281 cm³/mol. The highest BCUT2D eigenvalue weighted by molar-refractivity contribution is 7.47. The second-order valence-electron chi connectivity index (χ2n) is 17.7. The number of carbonyl (C=O) groups is 3. The Labute approximate surface area is 413 Å². The zero-order valence-corrected chi connectivity index (χ0v) is 43.5. The van der Waals surface area contributed by atoms with Gasteiger partial charge in [0.25, 0.3) is 0 Å². The van der Waals surface area contributed by atoms with Crippen molar-refractivity contribution in [2.45, 2.75) is 231 Å². The number of aliphatic carboxylic acids is 1. The third kappa shape index (κ3) is 49.1. The molecular formula is C56H96NO10P. The number of phosphoric ester groups is 1. The fraction of sp³-hybridized carbons (Fsp3) is 0.696. The summed E-state index contributed by atoms with van der Waals surface area (Å²) in [7, 11) is -4.78. The SMILES string of the molecule is CCCCC/C=C\C/C=C\C/C=C\C/C=C\CCCCCCCC(=O)NC(COP(=O)(O)OCC(O)COC(=O)CCCCCCCCCCCC/C=C\C/C=C\C/C=C\CCCCC)C(=O)O. The number of esters is 1. The van der Waals surface area contributed by atoms with Crippen LogP contribution in [-0.4, -0.2) is 64.9 Å². The number of carboxylic acids is 1. The maximum Gasteiger partial charge on any atom is 0.472 e. The van der Waals surface area contributed by atoms with E-state index >= 15 is 0 Å². The van der Waals surface area contributed by atoms with E-state index < -0.39 is 57.6 Å². The molecule has 11 nitrogen and oxygen atoms in total. The minimum atomic E-state index is -4.78. The highest BCUT2D eigenvalue weighted by Gasteiger charge is 2.28. The Morgan fingerprint density at radius 1 is 0.471 bits per heavy atom. The molecule has 0 spiro atoms. The summed E-state index contributed by atoms with van der Waals surface area (Å²) in [5.41, 5.74) is 0. The van der Waals surface area contributed by atoms with Gasteiger partial charge in [0.05, 0.1) is 13.2 Å². The number of hydrogen-bond donors (Lipinski definition) is 4. The van der Waals surface area contributed by atoms with E-state index in [9.17, 15) is 34.1 Å². The lowest BCUT2D eigenvalue weighted by atomic mass is 10.1. The van der Waals surface area contributed by atoms with Gasteiger partial charge in [-0.05, 0) is 96.3 Å². The molecule has 3 atom stereocenters. The number of carboxylic acid groups (broad SMARTS) is 1. The molecule has 0 radical (unpaired) electrons. The number of ether oxygens (including phenoxy) is 1. The van der Waals surface area contributed by atoms with Gasteiger partial charge in [0.1, 0.15) is 12.7 Å². The monoisotopic (exact) mass is 974 g/mol. The van der Waals surface area contributed by atoms with Crippen molar-refractivity contribution in [3.63, 3.8) is 0 Å². The zero-order valence-electron chi connectivity index (χ0n) is 42.6. The molecule has 390 valence electrons. The molecule has 0 aromatic carbocycles. The van der Waals surface area contributed by atoms with Crippen molar-refractivity contribution >= 4 is 25.7 Å². The standard InChI is InChI=1S/C56H96NO10P/c1-3-5-7-9-11-13-15-17-19-21-23-25-26-28-30-32-34-36-38-40-42-44-46-48-55(60)65-49-52(58)50-66-68(63,64)67-51-53(56(61)62)57-54(59)47-45-43-41-39-37-35-33-31-29-27-24-22-20-18-16-14-12-10-8-6-4-2/h11-14,17-20,23-25,27,31,33,52-53,58H,3-10,15-16,21-22,26,28-30,32,34-51H2,1-2H3,(H,57,59)(H,61,62)(H,63,64)/b13-11-,14-12-,19-17-,20-18-,25-23-,27-24-,33-31-. The van der Waals surface area contributed by atoms with Crippen LogP contribution in [0, 0.1) is 0 Å². The molecule has 0 aromatic heterocycles. The minimum Gasteiger partial charge on any atom is -0.480 e. The van der Waals surface area contributed by atoms with E-state index in [-0.39, 0.29) is 12.8 Å². The van der Waals surface area contributed by atoms with Gasteiger partial charge in [0.2, 0.25) is 5.91 Å². The molecule has 3 unspecified atom stereocenters. The smallest absolute Gasteiger partial charge is 0.472 e. The Morgan fingerprint density at radius 2 is 0.809 bits per heavy atom. The fourth-order valence-corrected chi connectivity index (χ4v) is 7.78. The number of amides is 1. The first-order valence-corrected chi connectivity index (χ1v) is 28.1. The quantitative estimate of drug-likeness (QED) is 0.0199. The van der Waals surface area contributed by atoms with Crippen LogP contribution >= 0.6 is 7.82 Å². The van der Waals surface area contributed by atoms with Gasteiger partial charge < -0.3 is 25.2 Å². The Balaban J connectivity index is 3.87. The maximum absolute atomic E-state index is 12.4. The van der Waals surface area contributed by atoms with Gasteiger partial charge in [-0.3, -0.25) is 18.6 Å². The van der Waals surface area contributed by atoms with Crippen molar-refractivity contribution in [2.24, 2.45) is 0 Å². The molecule has 0 saturated heterocycles. The molecule has 0 fully saturated rings. The summed E-state index contributed by atoms with van der Waals surface area (Å²) in [4.78, 5) is 46.2. The van der Waals surface area contributed by atoms with Crippen LogP contribution in [0.4, 0.5) is 0 Å². The number of allylic oxidation sites excluding steroid dienone is 14. The number of phosphoric acid groups is 1. The lowest BCUT2D eigenvalue weighted by Crippen LogP contribution is -2.43. The van der Waals surface area contributed by atoms with Gasteiger partial charge in [0.15, 0.2) is 6.04 Å². The first kappa shape index (κ1) is 64.7. The van der Waals surface area contributed by atoms with Crippen LogP contribution in [0.1, 0.15) is 219 Å². The van der Waals surface area contributed by atoms with Crippen LogP contribution < -0.4 is 5.32 Å². The maximum atomic E-state index is 12.4. The van der Waals surface area contributed by atoms with Crippen LogP contribution in [0.2, 0.25) is 0 Å². The summed E-state index contributed by atoms with van der Waals surface area (Å²) in [6.07, 6.45) is 63.1. The number of hydrogen-bond acceptors (Lipinski definition) is 8. The molecule has 0 aliphatic carbocycles. The normalized spacial score (nSPS) is 14.2. The molecule has 12 heteroatoms. The molecule has 1 amide bonds. The van der Waals surface area contributed by atoms with Gasteiger partial charge in [0, 0.05) is 12.8 Å². The number of rotatable bonds is 49. The third-order valence-electron chi connectivity index (χ3n) is 11.2. The molecule has 0 aliphatic heterocycles. The molecule has 68 heavy (non-hydrogen) atoms. The summed E-state index contributed by atoms with van der Waals surface area (Å²) in [6, 6.07) is -1.56. The lowest BCUT2D eigenvalue weighted by Gasteiger charge is -2.18. The number of carbonyl (C=O) groups excluding carboxylic acids is 2. The average Bonchev–Trinajstić information content (AvgIpc) is 3.32. The summed E-state index contributed by atoms with van der Waals surface area (Å²) in [5, 5.41) is 21.9. The summed E-state index contributed by atoms with van der Waals surface area (Å²) < 4.78 is 27.0. The predicted octanol–water partition coefficient (Wildman–Crippen LogP) is 15.0. The van der Waals surface area contributed by atoms with Gasteiger partial charge >= 0.3 is 19.8 Å². The Bertz CT molecular complexity index is 1470. The number of unbranched alkanes of at least 4 members (excludes halogenated alkanes) is 21.